The molecule has 0 heterocycles. The van der Waals surface area contributed by atoms with Gasteiger partial charge >= 0.3 is 0 Å². The number of rotatable bonds is 10. The minimum atomic E-state index is 0. The second-order valence-corrected chi connectivity index (χ2v) is 5.76. The van der Waals surface area contributed by atoms with Crippen LogP contribution in [0.15, 0.2) is 24.3 Å². The van der Waals surface area contributed by atoms with Crippen LogP contribution < -0.4 is 5.32 Å². The molecule has 2 nitrogen and oxygen atoms in total. The molecule has 0 aliphatic heterocycles. The standard InChI is InChI=1S/C18H29NO.ClH/c1-4-5-6-7-13-19-14-12-18(20)17-10-8-16(9-11-17)15(2)3;/h8-11,15,19H,4-7,12-14H2,1-3H3;1H. The number of benzene rings is 1. The molecule has 0 aliphatic carbocycles. The van der Waals surface area contributed by atoms with Crippen LogP contribution in [0.3, 0.4) is 0 Å². The van der Waals surface area contributed by atoms with Crippen molar-refractivity contribution >= 4 is 18.2 Å². The summed E-state index contributed by atoms with van der Waals surface area (Å²) >= 11 is 0. The first-order chi connectivity index (χ1) is 9.65. The Bertz CT molecular complexity index is 387. The van der Waals surface area contributed by atoms with E-state index in [1.165, 1.54) is 31.2 Å². The monoisotopic (exact) mass is 311 g/mol. The van der Waals surface area contributed by atoms with Gasteiger partial charge in [-0.05, 0) is 24.4 Å². The summed E-state index contributed by atoms with van der Waals surface area (Å²) in [6.07, 6.45) is 5.67. The molecule has 1 aromatic rings. The fourth-order valence-corrected chi connectivity index (χ4v) is 2.20. The van der Waals surface area contributed by atoms with Gasteiger partial charge in [0.15, 0.2) is 5.78 Å². The molecule has 1 N–H and O–H groups in total. The van der Waals surface area contributed by atoms with Crippen molar-refractivity contribution in [2.24, 2.45) is 0 Å². The van der Waals surface area contributed by atoms with Crippen molar-refractivity contribution in [3.63, 3.8) is 0 Å². The van der Waals surface area contributed by atoms with Crippen LogP contribution in [0.2, 0.25) is 0 Å². The van der Waals surface area contributed by atoms with Crippen LogP contribution in [0.5, 0.6) is 0 Å². The average molecular weight is 312 g/mol. The number of hydrogen-bond acceptors (Lipinski definition) is 2. The predicted molar refractivity (Wildman–Crippen MR) is 93.7 cm³/mol. The normalized spacial score (nSPS) is 10.5. The number of unbranched alkanes of at least 4 members (excludes halogenated alkanes) is 3. The van der Waals surface area contributed by atoms with Gasteiger partial charge in [0.25, 0.3) is 0 Å². The summed E-state index contributed by atoms with van der Waals surface area (Å²) < 4.78 is 0. The summed E-state index contributed by atoms with van der Waals surface area (Å²) in [6.45, 7) is 8.37. The first-order valence-corrected chi connectivity index (χ1v) is 7.99. The third-order valence-electron chi connectivity index (χ3n) is 3.64. The van der Waals surface area contributed by atoms with Crippen LogP contribution in [-0.2, 0) is 0 Å². The molecule has 0 radical (unpaired) electrons. The fraction of sp³-hybridized carbons (Fsp3) is 0.611. The van der Waals surface area contributed by atoms with Gasteiger partial charge in [0.1, 0.15) is 0 Å². The molecule has 120 valence electrons. The molecule has 0 saturated carbocycles. The third-order valence-corrected chi connectivity index (χ3v) is 3.64. The van der Waals surface area contributed by atoms with Crippen LogP contribution in [0, 0.1) is 0 Å². The predicted octanol–water partition coefficient (Wildman–Crippen LogP) is 4.97. The molecule has 0 bridgehead atoms. The highest BCUT2D eigenvalue weighted by molar-refractivity contribution is 5.96. The zero-order valence-corrected chi connectivity index (χ0v) is 14.5. The average Bonchev–Trinajstić information content (AvgIpc) is 2.46. The quantitative estimate of drug-likeness (QED) is 0.488. The largest absolute Gasteiger partial charge is 0.316 e. The number of carbonyl (C=O) groups is 1. The summed E-state index contributed by atoms with van der Waals surface area (Å²) in [4.78, 5) is 12.0. The lowest BCUT2D eigenvalue weighted by Gasteiger charge is -2.07. The molecule has 21 heavy (non-hydrogen) atoms. The maximum absolute atomic E-state index is 12.0. The van der Waals surface area contributed by atoms with Crippen molar-refractivity contribution in [2.75, 3.05) is 13.1 Å². The highest BCUT2D eigenvalue weighted by Gasteiger charge is 2.06. The van der Waals surface area contributed by atoms with Gasteiger partial charge in [-0.25, -0.2) is 0 Å². The Hall–Kier alpha value is -0.860. The molecule has 0 aliphatic rings. The Balaban J connectivity index is 0.00000400. The van der Waals surface area contributed by atoms with Gasteiger partial charge in [0.05, 0.1) is 0 Å². The molecule has 3 heteroatoms. The topological polar surface area (TPSA) is 29.1 Å². The van der Waals surface area contributed by atoms with Crippen molar-refractivity contribution in [3.8, 4) is 0 Å². The van der Waals surface area contributed by atoms with Crippen LogP contribution >= 0.6 is 12.4 Å². The number of ketones is 1. The first kappa shape index (κ1) is 20.1. The van der Waals surface area contributed by atoms with Crippen LogP contribution in [-0.4, -0.2) is 18.9 Å². The molecule has 0 spiro atoms. The SMILES string of the molecule is CCCCCCNCCC(=O)c1ccc(C(C)C)cc1.Cl. The maximum atomic E-state index is 12.0. The van der Waals surface area contributed by atoms with E-state index in [-0.39, 0.29) is 18.2 Å². The summed E-state index contributed by atoms with van der Waals surface area (Å²) in [5, 5.41) is 3.35. The molecular formula is C18H30ClNO. The Morgan fingerprint density at radius 1 is 1.05 bits per heavy atom. The molecule has 0 saturated heterocycles. The number of hydrogen-bond donors (Lipinski definition) is 1. The lowest BCUT2D eigenvalue weighted by atomic mass is 10.00. The van der Waals surface area contributed by atoms with Gasteiger partial charge in [-0.15, -0.1) is 12.4 Å². The molecule has 0 atom stereocenters. The number of carbonyl (C=O) groups excluding carboxylic acids is 1. The minimum absolute atomic E-state index is 0. The highest BCUT2D eigenvalue weighted by atomic mass is 35.5. The second kappa shape index (κ2) is 11.8. The fourth-order valence-electron chi connectivity index (χ4n) is 2.20. The zero-order valence-electron chi connectivity index (χ0n) is 13.7. The Morgan fingerprint density at radius 3 is 2.29 bits per heavy atom. The summed E-state index contributed by atoms with van der Waals surface area (Å²) in [5.74, 6) is 0.755. The maximum Gasteiger partial charge on any atom is 0.164 e. The molecule has 0 unspecified atom stereocenters. The summed E-state index contributed by atoms with van der Waals surface area (Å²) in [7, 11) is 0. The second-order valence-electron chi connectivity index (χ2n) is 5.76. The zero-order chi connectivity index (χ0) is 14.8. The van der Waals surface area contributed by atoms with E-state index in [0.29, 0.717) is 12.3 Å². The highest BCUT2D eigenvalue weighted by Crippen LogP contribution is 2.15. The van der Waals surface area contributed by atoms with Crippen molar-refractivity contribution in [3.05, 3.63) is 35.4 Å². The van der Waals surface area contributed by atoms with Crippen LogP contribution in [0.25, 0.3) is 0 Å². The van der Waals surface area contributed by atoms with Gasteiger partial charge < -0.3 is 5.32 Å². The van der Waals surface area contributed by atoms with Gasteiger partial charge in [-0.3, -0.25) is 4.79 Å². The smallest absolute Gasteiger partial charge is 0.164 e. The molecule has 0 amide bonds. The Kier molecular flexibility index (Phi) is 11.3. The van der Waals surface area contributed by atoms with Crippen molar-refractivity contribution in [2.45, 2.75) is 58.8 Å². The van der Waals surface area contributed by atoms with E-state index in [1.54, 1.807) is 0 Å². The van der Waals surface area contributed by atoms with Gasteiger partial charge in [0, 0.05) is 18.5 Å². The van der Waals surface area contributed by atoms with Crippen molar-refractivity contribution < 1.29 is 4.79 Å². The van der Waals surface area contributed by atoms with Crippen LogP contribution in [0.4, 0.5) is 0 Å². The van der Waals surface area contributed by atoms with E-state index >= 15 is 0 Å². The van der Waals surface area contributed by atoms with E-state index in [4.69, 9.17) is 0 Å². The van der Waals surface area contributed by atoms with Crippen molar-refractivity contribution in [1.29, 1.82) is 0 Å². The van der Waals surface area contributed by atoms with Gasteiger partial charge in [-0.1, -0.05) is 64.3 Å². The number of Topliss-reactive ketones (excluding diaryl/α,β-unsaturated/α-hetero) is 1. The van der Waals surface area contributed by atoms with Crippen molar-refractivity contribution in [1.82, 2.24) is 5.32 Å². The molecule has 1 aromatic carbocycles. The third kappa shape index (κ3) is 8.23. The molecule has 1 rings (SSSR count). The van der Waals surface area contributed by atoms with Gasteiger partial charge in [-0.2, -0.15) is 0 Å². The lowest BCUT2D eigenvalue weighted by molar-refractivity contribution is 0.0982. The molecule has 0 fully saturated rings. The van der Waals surface area contributed by atoms with E-state index in [1.807, 2.05) is 12.1 Å². The molecule has 0 aromatic heterocycles. The number of nitrogens with one attached hydrogen (secondary N) is 1. The minimum Gasteiger partial charge on any atom is -0.316 e. The Labute approximate surface area is 136 Å². The Morgan fingerprint density at radius 2 is 1.71 bits per heavy atom. The number of halogens is 1. The molecular weight excluding hydrogens is 282 g/mol. The van der Waals surface area contributed by atoms with Crippen LogP contribution in [0.1, 0.15) is 74.7 Å². The van der Waals surface area contributed by atoms with E-state index in [2.05, 4.69) is 38.2 Å². The van der Waals surface area contributed by atoms with E-state index in [0.717, 1.165) is 18.7 Å². The van der Waals surface area contributed by atoms with Gasteiger partial charge in [0.2, 0.25) is 0 Å². The lowest BCUT2D eigenvalue weighted by Crippen LogP contribution is -2.19. The van der Waals surface area contributed by atoms with E-state index in [9.17, 15) is 4.79 Å². The summed E-state index contributed by atoms with van der Waals surface area (Å²) in [6, 6.07) is 8.05. The summed E-state index contributed by atoms with van der Waals surface area (Å²) in [5.41, 5.74) is 2.12. The van der Waals surface area contributed by atoms with E-state index < -0.39 is 0 Å². The first-order valence-electron chi connectivity index (χ1n) is 7.99.